The molecule has 7 heteroatoms. The molecular weight excluding hydrogens is 420 g/mol. The van der Waals surface area contributed by atoms with Crippen molar-refractivity contribution in [3.05, 3.63) is 59.4 Å². The van der Waals surface area contributed by atoms with Gasteiger partial charge >= 0.3 is 0 Å². The van der Waals surface area contributed by atoms with Crippen molar-refractivity contribution in [1.82, 2.24) is 19.2 Å². The molecule has 0 saturated carbocycles. The Kier molecular flexibility index (Phi) is 7.75. The smallest absolute Gasteiger partial charge is 0.242 e. The summed E-state index contributed by atoms with van der Waals surface area (Å²) in [5.74, 6) is 1.35. The summed E-state index contributed by atoms with van der Waals surface area (Å²) in [6.07, 6.45) is 2.01. The van der Waals surface area contributed by atoms with E-state index in [1.807, 2.05) is 6.07 Å². The first-order chi connectivity index (χ1) is 15.2. The Balaban J connectivity index is 1.93. The lowest BCUT2D eigenvalue weighted by molar-refractivity contribution is 0.402. The lowest BCUT2D eigenvalue weighted by Crippen LogP contribution is -2.27. The van der Waals surface area contributed by atoms with Crippen LogP contribution >= 0.6 is 0 Å². The zero-order chi connectivity index (χ0) is 23.5. The Labute approximate surface area is 192 Å². The van der Waals surface area contributed by atoms with Gasteiger partial charge in [0.1, 0.15) is 5.82 Å². The van der Waals surface area contributed by atoms with Gasteiger partial charge in [-0.25, -0.2) is 17.7 Å². The van der Waals surface area contributed by atoms with Gasteiger partial charge in [0.2, 0.25) is 10.0 Å². The largest absolute Gasteiger partial charge is 0.327 e. The molecule has 3 aromatic rings. The predicted molar refractivity (Wildman–Crippen MR) is 131 cm³/mol. The number of sulfonamides is 1. The maximum absolute atomic E-state index is 12.6. The molecular formula is C25H36N4O2S. The van der Waals surface area contributed by atoms with Crippen LogP contribution in [-0.4, -0.2) is 36.4 Å². The van der Waals surface area contributed by atoms with Crippen LogP contribution < -0.4 is 5.32 Å². The average molecular weight is 457 g/mol. The molecule has 0 aliphatic heterocycles. The van der Waals surface area contributed by atoms with E-state index in [-0.39, 0.29) is 10.9 Å². The van der Waals surface area contributed by atoms with E-state index < -0.39 is 10.0 Å². The fourth-order valence-electron chi connectivity index (χ4n) is 4.04. The molecule has 0 unspecified atom stereocenters. The number of aryl methyl sites for hydroxylation is 2. The molecule has 0 amide bonds. The molecule has 1 atom stereocenters. The van der Waals surface area contributed by atoms with Gasteiger partial charge in [0.15, 0.2) is 0 Å². The third-order valence-electron chi connectivity index (χ3n) is 5.92. The van der Waals surface area contributed by atoms with Crippen LogP contribution in [0.25, 0.3) is 11.0 Å². The molecule has 0 saturated heterocycles. The quantitative estimate of drug-likeness (QED) is 0.478. The highest BCUT2D eigenvalue weighted by Crippen LogP contribution is 2.25. The van der Waals surface area contributed by atoms with Crippen molar-refractivity contribution in [3.63, 3.8) is 0 Å². The van der Waals surface area contributed by atoms with E-state index >= 15 is 0 Å². The van der Waals surface area contributed by atoms with Gasteiger partial charge in [-0.2, -0.15) is 0 Å². The second-order valence-electron chi connectivity index (χ2n) is 8.82. The van der Waals surface area contributed by atoms with E-state index in [9.17, 15) is 8.42 Å². The zero-order valence-corrected chi connectivity index (χ0v) is 20.9. The Bertz CT molecular complexity index is 1150. The summed E-state index contributed by atoms with van der Waals surface area (Å²) in [4.78, 5) is 5.10. The molecule has 2 aromatic carbocycles. The second-order valence-corrected chi connectivity index (χ2v) is 11.0. The maximum atomic E-state index is 12.6. The fourth-order valence-corrected chi connectivity index (χ4v) is 4.96. The molecule has 0 bridgehead atoms. The van der Waals surface area contributed by atoms with E-state index in [4.69, 9.17) is 4.98 Å². The van der Waals surface area contributed by atoms with Gasteiger partial charge in [0.05, 0.1) is 22.5 Å². The van der Waals surface area contributed by atoms with Crippen LogP contribution in [0.4, 0.5) is 0 Å². The Hall–Kier alpha value is -2.22. The van der Waals surface area contributed by atoms with Crippen molar-refractivity contribution in [1.29, 1.82) is 0 Å². The van der Waals surface area contributed by atoms with Gasteiger partial charge in [0, 0.05) is 26.7 Å². The van der Waals surface area contributed by atoms with Crippen LogP contribution in [0, 0.1) is 5.92 Å². The lowest BCUT2D eigenvalue weighted by atomic mass is 9.95. The molecule has 3 rings (SSSR count). The first-order valence-corrected chi connectivity index (χ1v) is 12.9. The molecule has 0 fully saturated rings. The van der Waals surface area contributed by atoms with Gasteiger partial charge in [-0.15, -0.1) is 0 Å². The summed E-state index contributed by atoms with van der Waals surface area (Å²) in [7, 11) is -0.404. The number of imidazole rings is 1. The first kappa shape index (κ1) is 24.4. The number of aromatic nitrogens is 2. The summed E-state index contributed by atoms with van der Waals surface area (Å²) < 4.78 is 28.6. The van der Waals surface area contributed by atoms with Crippen molar-refractivity contribution < 1.29 is 8.42 Å². The van der Waals surface area contributed by atoms with Gasteiger partial charge in [-0.3, -0.25) is 0 Å². The minimum Gasteiger partial charge on any atom is -0.327 e. The topological polar surface area (TPSA) is 67.2 Å². The number of fused-ring (bicyclic) bond motifs is 1. The molecule has 6 nitrogen and oxygen atoms in total. The monoisotopic (exact) mass is 456 g/mol. The van der Waals surface area contributed by atoms with Crippen LogP contribution in [0.2, 0.25) is 0 Å². The summed E-state index contributed by atoms with van der Waals surface area (Å²) in [6, 6.07) is 14.3. The summed E-state index contributed by atoms with van der Waals surface area (Å²) in [6.45, 7) is 10.2. The number of hydrogen-bond acceptors (Lipinski definition) is 4. The molecule has 1 aromatic heterocycles. The van der Waals surface area contributed by atoms with Gasteiger partial charge in [-0.05, 0) is 48.1 Å². The lowest BCUT2D eigenvalue weighted by Gasteiger charge is -2.23. The van der Waals surface area contributed by atoms with Crippen LogP contribution in [0.15, 0.2) is 47.4 Å². The molecule has 1 heterocycles. The normalized spacial score (nSPS) is 13.4. The van der Waals surface area contributed by atoms with Crippen LogP contribution in [0.5, 0.6) is 0 Å². The Morgan fingerprint density at radius 2 is 1.75 bits per heavy atom. The van der Waals surface area contributed by atoms with E-state index in [1.54, 1.807) is 26.2 Å². The van der Waals surface area contributed by atoms with Crippen molar-refractivity contribution >= 4 is 21.1 Å². The highest BCUT2D eigenvalue weighted by atomic mass is 32.2. The van der Waals surface area contributed by atoms with Gasteiger partial charge in [0.25, 0.3) is 0 Å². The van der Waals surface area contributed by atoms with Crippen LogP contribution in [-0.2, 0) is 29.5 Å². The first-order valence-electron chi connectivity index (χ1n) is 11.4. The second kappa shape index (κ2) is 10.1. The fraction of sp³-hybridized carbons (Fsp3) is 0.480. The summed E-state index contributed by atoms with van der Waals surface area (Å²) in [5.41, 5.74) is 4.29. The molecule has 1 N–H and O–H groups in total. The SMILES string of the molecule is CCCn1c(CN[C@H](c2ccc(CC)cc2)C(C)C)nc2cc(S(=O)(=O)N(C)C)ccc21. The van der Waals surface area contributed by atoms with Gasteiger partial charge < -0.3 is 9.88 Å². The van der Waals surface area contributed by atoms with Crippen molar-refractivity contribution in [2.75, 3.05) is 14.1 Å². The molecule has 174 valence electrons. The van der Waals surface area contributed by atoms with E-state index in [0.717, 1.165) is 30.7 Å². The minimum absolute atomic E-state index is 0.209. The molecule has 0 radical (unpaired) electrons. The molecule has 0 aliphatic carbocycles. The third-order valence-corrected chi connectivity index (χ3v) is 7.73. The minimum atomic E-state index is -3.49. The highest BCUT2D eigenvalue weighted by Gasteiger charge is 2.21. The third kappa shape index (κ3) is 5.05. The average Bonchev–Trinajstić information content (AvgIpc) is 3.11. The summed E-state index contributed by atoms with van der Waals surface area (Å²) >= 11 is 0. The Morgan fingerprint density at radius 1 is 1.06 bits per heavy atom. The van der Waals surface area contributed by atoms with Gasteiger partial charge in [-0.1, -0.05) is 52.0 Å². The molecule has 32 heavy (non-hydrogen) atoms. The highest BCUT2D eigenvalue weighted by molar-refractivity contribution is 7.89. The van der Waals surface area contributed by atoms with E-state index in [2.05, 4.69) is 61.8 Å². The molecule has 0 spiro atoms. The number of benzene rings is 2. The standard InChI is InChI=1S/C25H36N4O2S/c1-7-15-29-23-14-13-21(32(30,31)28(5)6)16-22(23)27-24(29)17-26-25(18(3)4)20-11-9-19(8-2)10-12-20/h9-14,16,18,25-26H,7-8,15,17H2,1-6H3/t25-/m0/s1. The van der Waals surface area contributed by atoms with Crippen molar-refractivity contribution in [3.8, 4) is 0 Å². The maximum Gasteiger partial charge on any atom is 0.242 e. The van der Waals surface area contributed by atoms with E-state index in [0.29, 0.717) is 18.0 Å². The van der Waals surface area contributed by atoms with Crippen LogP contribution in [0.3, 0.4) is 0 Å². The molecule has 0 aliphatic rings. The predicted octanol–water partition coefficient (Wildman–Crippen LogP) is 4.75. The van der Waals surface area contributed by atoms with Crippen LogP contribution in [0.1, 0.15) is 57.1 Å². The number of nitrogens with zero attached hydrogens (tertiary/aromatic N) is 3. The number of rotatable bonds is 10. The zero-order valence-electron chi connectivity index (χ0n) is 20.1. The van der Waals surface area contributed by atoms with E-state index in [1.165, 1.54) is 15.4 Å². The Morgan fingerprint density at radius 3 is 2.31 bits per heavy atom. The summed E-state index contributed by atoms with van der Waals surface area (Å²) in [5, 5.41) is 3.70. The number of nitrogens with one attached hydrogen (secondary N) is 1. The van der Waals surface area contributed by atoms with Crippen molar-refractivity contribution in [2.24, 2.45) is 5.92 Å². The number of hydrogen-bond donors (Lipinski definition) is 1. The van der Waals surface area contributed by atoms with Crippen molar-refractivity contribution in [2.45, 2.75) is 64.6 Å².